The molecule has 0 spiro atoms. The Labute approximate surface area is 146 Å². The molecule has 1 N–H and O–H groups in total. The Morgan fingerprint density at radius 3 is 1.92 bits per heavy atom. The first-order chi connectivity index (χ1) is 12.3. The monoisotopic (exact) mass is 326 g/mol. The van der Waals surface area contributed by atoms with Crippen molar-refractivity contribution in [2.24, 2.45) is 0 Å². The van der Waals surface area contributed by atoms with E-state index in [1.165, 1.54) is 5.56 Å². The van der Waals surface area contributed by atoms with Crippen molar-refractivity contribution in [2.45, 2.75) is 6.42 Å². The van der Waals surface area contributed by atoms with Crippen LogP contribution in [0.3, 0.4) is 0 Å². The maximum Gasteiger partial charge on any atom is 0.279 e. The van der Waals surface area contributed by atoms with Crippen molar-refractivity contribution in [1.82, 2.24) is 9.78 Å². The molecule has 4 aromatic rings. The average molecular weight is 326 g/mol. The summed E-state index contributed by atoms with van der Waals surface area (Å²) in [4.78, 5) is 13.1. The molecule has 4 rings (SSSR count). The van der Waals surface area contributed by atoms with E-state index in [9.17, 15) is 4.79 Å². The van der Waals surface area contributed by atoms with Gasteiger partial charge in [-0.1, -0.05) is 78.9 Å². The fourth-order valence-electron chi connectivity index (χ4n) is 3.07. The van der Waals surface area contributed by atoms with E-state index in [2.05, 4.69) is 17.2 Å². The fraction of sp³-hybridized carbons (Fsp3) is 0.0455. The van der Waals surface area contributed by atoms with Gasteiger partial charge in [-0.05, 0) is 23.3 Å². The molecular formula is C22H18N2O. The van der Waals surface area contributed by atoms with Crippen molar-refractivity contribution >= 4 is 0 Å². The van der Waals surface area contributed by atoms with E-state index in [-0.39, 0.29) is 5.56 Å². The minimum absolute atomic E-state index is 0.0247. The third-order valence-electron chi connectivity index (χ3n) is 4.27. The van der Waals surface area contributed by atoms with E-state index >= 15 is 0 Å². The van der Waals surface area contributed by atoms with Gasteiger partial charge in [0, 0.05) is 12.1 Å². The molecule has 122 valence electrons. The largest absolute Gasteiger partial charge is 0.294 e. The second-order valence-corrected chi connectivity index (χ2v) is 5.97. The first-order valence-electron chi connectivity index (χ1n) is 8.31. The first kappa shape index (κ1) is 15.2. The fourth-order valence-corrected chi connectivity index (χ4v) is 3.07. The van der Waals surface area contributed by atoms with Gasteiger partial charge in [0.1, 0.15) is 0 Å². The van der Waals surface area contributed by atoms with Gasteiger partial charge in [0.2, 0.25) is 0 Å². The smallest absolute Gasteiger partial charge is 0.279 e. The third-order valence-corrected chi connectivity index (χ3v) is 4.27. The quantitative estimate of drug-likeness (QED) is 0.592. The maximum absolute atomic E-state index is 13.1. The molecule has 0 saturated carbocycles. The van der Waals surface area contributed by atoms with Gasteiger partial charge in [0.05, 0.1) is 11.3 Å². The van der Waals surface area contributed by atoms with Gasteiger partial charge in [-0.2, -0.15) is 0 Å². The Hall–Kier alpha value is -3.33. The molecule has 1 aromatic heterocycles. The van der Waals surface area contributed by atoms with E-state index in [1.807, 2.05) is 78.9 Å². The van der Waals surface area contributed by atoms with Crippen LogP contribution in [0.15, 0.2) is 95.8 Å². The Bertz CT molecular complexity index is 1020. The molecule has 0 aliphatic heterocycles. The lowest BCUT2D eigenvalue weighted by Crippen LogP contribution is -2.15. The zero-order valence-electron chi connectivity index (χ0n) is 13.7. The first-order valence-corrected chi connectivity index (χ1v) is 8.31. The van der Waals surface area contributed by atoms with Crippen molar-refractivity contribution in [2.75, 3.05) is 0 Å². The molecule has 0 atom stereocenters. The van der Waals surface area contributed by atoms with Crippen molar-refractivity contribution < 1.29 is 0 Å². The molecule has 0 aliphatic carbocycles. The zero-order chi connectivity index (χ0) is 17.1. The number of nitrogens with one attached hydrogen (secondary N) is 1. The summed E-state index contributed by atoms with van der Waals surface area (Å²) in [5, 5.41) is 3.32. The van der Waals surface area contributed by atoms with Gasteiger partial charge < -0.3 is 0 Å². The van der Waals surface area contributed by atoms with Gasteiger partial charge in [0.25, 0.3) is 5.56 Å². The predicted octanol–water partition coefficient (Wildman–Crippen LogP) is 4.42. The summed E-state index contributed by atoms with van der Waals surface area (Å²) in [5.74, 6) is 0. The van der Waals surface area contributed by atoms with Crippen molar-refractivity contribution in [1.29, 1.82) is 0 Å². The summed E-state index contributed by atoms with van der Waals surface area (Å²) < 4.78 is 1.63. The third kappa shape index (κ3) is 3.04. The van der Waals surface area contributed by atoms with Crippen molar-refractivity contribution in [3.8, 4) is 16.8 Å². The number of H-pyrrole nitrogens is 1. The lowest BCUT2D eigenvalue weighted by Gasteiger charge is -2.03. The molecule has 0 radical (unpaired) electrons. The molecule has 0 aliphatic rings. The SMILES string of the molecule is O=c1c(-c2ccccc2)c(Cc2ccccc2)[nH]n1-c1ccccc1. The van der Waals surface area contributed by atoms with Crippen LogP contribution < -0.4 is 5.56 Å². The molecule has 0 unspecified atom stereocenters. The molecule has 25 heavy (non-hydrogen) atoms. The van der Waals surface area contributed by atoms with Gasteiger partial charge >= 0.3 is 0 Å². The number of nitrogens with zero attached hydrogens (tertiary/aromatic N) is 1. The van der Waals surface area contributed by atoms with Crippen LogP contribution in [-0.2, 0) is 6.42 Å². The molecule has 0 amide bonds. The number of aromatic nitrogens is 2. The lowest BCUT2D eigenvalue weighted by molar-refractivity contribution is 0.824. The highest BCUT2D eigenvalue weighted by Crippen LogP contribution is 2.22. The van der Waals surface area contributed by atoms with Crippen LogP contribution in [0.2, 0.25) is 0 Å². The number of hydrogen-bond donors (Lipinski definition) is 1. The van der Waals surface area contributed by atoms with E-state index in [1.54, 1.807) is 4.68 Å². The Kier molecular flexibility index (Phi) is 4.05. The second-order valence-electron chi connectivity index (χ2n) is 5.97. The summed E-state index contributed by atoms with van der Waals surface area (Å²) in [7, 11) is 0. The summed E-state index contributed by atoms with van der Waals surface area (Å²) in [6.07, 6.45) is 0.681. The Balaban J connectivity index is 1.88. The molecule has 1 heterocycles. The minimum Gasteiger partial charge on any atom is -0.294 e. The summed E-state index contributed by atoms with van der Waals surface area (Å²) in [5.41, 5.74) is 4.57. The second kappa shape index (κ2) is 6.65. The van der Waals surface area contributed by atoms with Crippen molar-refractivity contribution in [3.63, 3.8) is 0 Å². The average Bonchev–Trinajstić information content (AvgIpc) is 3.00. The van der Waals surface area contributed by atoms with Crippen LogP contribution in [-0.4, -0.2) is 9.78 Å². The number of benzene rings is 3. The van der Waals surface area contributed by atoms with Crippen molar-refractivity contribution in [3.05, 3.63) is 113 Å². The number of aromatic amines is 1. The van der Waals surface area contributed by atoms with Crippen LogP contribution in [0.1, 0.15) is 11.3 Å². The Morgan fingerprint density at radius 2 is 1.28 bits per heavy atom. The lowest BCUT2D eigenvalue weighted by atomic mass is 10.0. The maximum atomic E-state index is 13.1. The van der Waals surface area contributed by atoms with Crippen LogP contribution in [0.5, 0.6) is 0 Å². The van der Waals surface area contributed by atoms with Gasteiger partial charge in [-0.25, -0.2) is 4.68 Å². The molecule has 3 heteroatoms. The minimum atomic E-state index is -0.0247. The molecule has 3 aromatic carbocycles. The highest BCUT2D eigenvalue weighted by molar-refractivity contribution is 5.66. The molecule has 0 bridgehead atoms. The highest BCUT2D eigenvalue weighted by atomic mass is 16.1. The van der Waals surface area contributed by atoms with Gasteiger partial charge in [0.15, 0.2) is 0 Å². The Morgan fingerprint density at radius 1 is 0.720 bits per heavy atom. The number of para-hydroxylation sites is 1. The normalized spacial score (nSPS) is 10.7. The summed E-state index contributed by atoms with van der Waals surface area (Å²) >= 11 is 0. The van der Waals surface area contributed by atoms with Crippen LogP contribution in [0.4, 0.5) is 0 Å². The van der Waals surface area contributed by atoms with E-state index in [0.29, 0.717) is 6.42 Å². The molecule has 0 fully saturated rings. The van der Waals surface area contributed by atoms with Crippen LogP contribution in [0, 0.1) is 0 Å². The van der Waals surface area contributed by atoms with Crippen LogP contribution in [0.25, 0.3) is 16.8 Å². The summed E-state index contributed by atoms with van der Waals surface area (Å²) in [6, 6.07) is 29.7. The molecule has 3 nitrogen and oxygen atoms in total. The number of rotatable bonds is 4. The molecular weight excluding hydrogens is 308 g/mol. The number of hydrogen-bond acceptors (Lipinski definition) is 1. The topological polar surface area (TPSA) is 37.8 Å². The predicted molar refractivity (Wildman–Crippen MR) is 101 cm³/mol. The van der Waals surface area contributed by atoms with Crippen LogP contribution >= 0.6 is 0 Å². The summed E-state index contributed by atoms with van der Waals surface area (Å²) in [6.45, 7) is 0. The van der Waals surface area contributed by atoms with E-state index < -0.39 is 0 Å². The van der Waals surface area contributed by atoms with Gasteiger partial charge in [-0.15, -0.1) is 0 Å². The van der Waals surface area contributed by atoms with E-state index in [4.69, 9.17) is 0 Å². The molecule has 0 saturated heterocycles. The highest BCUT2D eigenvalue weighted by Gasteiger charge is 2.17. The van der Waals surface area contributed by atoms with Gasteiger partial charge in [-0.3, -0.25) is 9.89 Å². The van der Waals surface area contributed by atoms with E-state index in [0.717, 1.165) is 22.5 Å². The standard InChI is InChI=1S/C22H18N2O/c25-22-21(18-12-6-2-7-13-18)20(16-17-10-4-1-5-11-17)23-24(22)19-14-8-3-9-15-19/h1-15,23H,16H2. The zero-order valence-corrected chi connectivity index (χ0v) is 13.7.